The molecule has 0 spiro atoms. The second-order valence-electron chi connectivity index (χ2n) is 5.44. The van der Waals surface area contributed by atoms with Crippen LogP contribution in [-0.2, 0) is 10.3 Å². The normalized spacial score (nSPS) is 17.1. The quantitative estimate of drug-likeness (QED) is 0.473. The van der Waals surface area contributed by atoms with Crippen molar-refractivity contribution in [2.75, 3.05) is 4.43 Å². The molecule has 5 heteroatoms. The molecule has 114 valence electrons. The summed E-state index contributed by atoms with van der Waals surface area (Å²) in [5.74, 6) is 0.393. The van der Waals surface area contributed by atoms with Gasteiger partial charge in [0.1, 0.15) is 0 Å². The van der Waals surface area contributed by atoms with Crippen LogP contribution < -0.4 is 0 Å². The summed E-state index contributed by atoms with van der Waals surface area (Å²) in [4.78, 5) is 0. The predicted molar refractivity (Wildman–Crippen MR) is 83.4 cm³/mol. The largest absolute Gasteiger partial charge is 0.414 e. The minimum atomic E-state index is -4.34. The van der Waals surface area contributed by atoms with E-state index in [4.69, 9.17) is 4.74 Å². The van der Waals surface area contributed by atoms with Gasteiger partial charge in [-0.3, -0.25) is 0 Å². The standard InChI is InChI=1S/C15H20F3IO/c1-10(2)12-5-7-13(8-6-12)14(4,9-19)20-11(3)15(16,17)18/h5-8,10-11H,9H2,1-4H3. The molecule has 0 radical (unpaired) electrons. The van der Waals surface area contributed by atoms with Crippen LogP contribution in [0.2, 0.25) is 0 Å². The van der Waals surface area contributed by atoms with E-state index in [0.29, 0.717) is 10.3 Å². The van der Waals surface area contributed by atoms with E-state index in [1.807, 2.05) is 24.3 Å². The molecular formula is C15H20F3IO. The molecule has 0 aromatic heterocycles. The molecule has 0 bridgehead atoms. The number of ether oxygens (including phenoxy) is 1. The first-order valence-corrected chi connectivity index (χ1v) is 8.03. The summed E-state index contributed by atoms with van der Waals surface area (Å²) in [5, 5.41) is 0. The molecule has 0 N–H and O–H groups in total. The number of alkyl halides is 4. The van der Waals surface area contributed by atoms with Crippen LogP contribution in [-0.4, -0.2) is 16.7 Å². The Morgan fingerprint density at radius 1 is 1.10 bits per heavy atom. The number of halogens is 4. The van der Waals surface area contributed by atoms with Crippen LogP contribution in [0.25, 0.3) is 0 Å². The highest BCUT2D eigenvalue weighted by atomic mass is 127. The topological polar surface area (TPSA) is 9.23 Å². The van der Waals surface area contributed by atoms with Crippen molar-refractivity contribution < 1.29 is 17.9 Å². The van der Waals surface area contributed by atoms with Gasteiger partial charge in [0.25, 0.3) is 0 Å². The van der Waals surface area contributed by atoms with Gasteiger partial charge in [0, 0.05) is 4.43 Å². The van der Waals surface area contributed by atoms with Gasteiger partial charge < -0.3 is 4.74 Å². The Morgan fingerprint density at radius 2 is 1.60 bits per heavy atom. The Labute approximate surface area is 132 Å². The summed E-state index contributed by atoms with van der Waals surface area (Å²) in [6.07, 6.45) is -6.13. The molecule has 0 aliphatic carbocycles. The first kappa shape index (κ1) is 17.8. The molecule has 20 heavy (non-hydrogen) atoms. The van der Waals surface area contributed by atoms with Crippen LogP contribution in [0.4, 0.5) is 13.2 Å². The summed E-state index contributed by atoms with van der Waals surface area (Å²) in [5.41, 5.74) is 0.992. The van der Waals surface area contributed by atoms with Crippen molar-refractivity contribution >= 4 is 22.6 Å². The van der Waals surface area contributed by atoms with Crippen LogP contribution in [0, 0.1) is 0 Å². The van der Waals surface area contributed by atoms with Gasteiger partial charge in [-0.2, -0.15) is 13.2 Å². The first-order valence-electron chi connectivity index (χ1n) is 6.51. The Balaban J connectivity index is 2.98. The zero-order valence-corrected chi connectivity index (χ0v) is 14.2. The van der Waals surface area contributed by atoms with E-state index in [0.717, 1.165) is 18.1 Å². The zero-order chi connectivity index (χ0) is 15.6. The first-order chi connectivity index (χ1) is 9.10. The molecule has 2 atom stereocenters. The van der Waals surface area contributed by atoms with Crippen LogP contribution >= 0.6 is 22.6 Å². The van der Waals surface area contributed by atoms with Gasteiger partial charge >= 0.3 is 6.18 Å². The van der Waals surface area contributed by atoms with Gasteiger partial charge in [-0.1, -0.05) is 60.7 Å². The fraction of sp³-hybridized carbons (Fsp3) is 0.600. The third kappa shape index (κ3) is 4.35. The molecule has 0 amide bonds. The van der Waals surface area contributed by atoms with Crippen LogP contribution in [0.1, 0.15) is 44.7 Å². The SMILES string of the molecule is CC(C)c1ccc(C(C)(CI)OC(C)C(F)(F)F)cc1. The van der Waals surface area contributed by atoms with Crippen molar-refractivity contribution in [3.05, 3.63) is 35.4 Å². The summed E-state index contributed by atoms with van der Waals surface area (Å²) in [6.45, 7) is 6.91. The molecular weight excluding hydrogens is 380 g/mol. The molecule has 1 nitrogen and oxygen atoms in total. The minimum Gasteiger partial charge on any atom is -0.357 e. The van der Waals surface area contributed by atoms with Crippen molar-refractivity contribution in [1.29, 1.82) is 0 Å². The van der Waals surface area contributed by atoms with E-state index in [9.17, 15) is 13.2 Å². The molecule has 0 saturated carbocycles. The maximum Gasteiger partial charge on any atom is 0.414 e. The second kappa shape index (κ2) is 6.64. The Hall–Kier alpha value is -0.300. The molecule has 0 saturated heterocycles. The van der Waals surface area contributed by atoms with Gasteiger partial charge in [0.15, 0.2) is 6.10 Å². The van der Waals surface area contributed by atoms with Crippen molar-refractivity contribution in [2.45, 2.75) is 51.5 Å². The third-order valence-corrected chi connectivity index (χ3v) is 4.80. The van der Waals surface area contributed by atoms with Crippen molar-refractivity contribution in [2.24, 2.45) is 0 Å². The van der Waals surface area contributed by atoms with E-state index < -0.39 is 17.9 Å². The van der Waals surface area contributed by atoms with Crippen molar-refractivity contribution in [1.82, 2.24) is 0 Å². The van der Waals surface area contributed by atoms with E-state index in [2.05, 4.69) is 36.4 Å². The second-order valence-corrected chi connectivity index (χ2v) is 6.21. The average Bonchev–Trinajstić information content (AvgIpc) is 2.37. The number of benzene rings is 1. The van der Waals surface area contributed by atoms with E-state index in [1.165, 1.54) is 0 Å². The van der Waals surface area contributed by atoms with E-state index in [1.54, 1.807) is 6.92 Å². The molecule has 0 aliphatic heterocycles. The Bertz CT molecular complexity index is 428. The van der Waals surface area contributed by atoms with Crippen molar-refractivity contribution in [3.63, 3.8) is 0 Å². The van der Waals surface area contributed by atoms with Gasteiger partial charge in [-0.25, -0.2) is 0 Å². The summed E-state index contributed by atoms with van der Waals surface area (Å²) < 4.78 is 43.8. The highest BCUT2D eigenvalue weighted by molar-refractivity contribution is 14.1. The number of rotatable bonds is 5. The van der Waals surface area contributed by atoms with Crippen LogP contribution in [0.3, 0.4) is 0 Å². The highest BCUT2D eigenvalue weighted by Crippen LogP contribution is 2.34. The lowest BCUT2D eigenvalue weighted by Gasteiger charge is -2.33. The van der Waals surface area contributed by atoms with Gasteiger partial charge in [0.2, 0.25) is 0 Å². The summed E-state index contributed by atoms with van der Waals surface area (Å²) in [6, 6.07) is 7.62. The summed E-state index contributed by atoms with van der Waals surface area (Å²) in [7, 11) is 0. The molecule has 0 fully saturated rings. The van der Waals surface area contributed by atoms with Crippen molar-refractivity contribution in [3.8, 4) is 0 Å². The molecule has 1 aromatic carbocycles. The zero-order valence-electron chi connectivity index (χ0n) is 12.1. The predicted octanol–water partition coefficient (Wildman–Crippen LogP) is 5.43. The maximum absolute atomic E-state index is 12.7. The Morgan fingerprint density at radius 3 is 1.95 bits per heavy atom. The third-order valence-electron chi connectivity index (χ3n) is 3.34. The van der Waals surface area contributed by atoms with Crippen LogP contribution in [0.5, 0.6) is 0 Å². The summed E-state index contributed by atoms with van der Waals surface area (Å²) >= 11 is 2.06. The van der Waals surface area contributed by atoms with E-state index >= 15 is 0 Å². The Kier molecular flexibility index (Phi) is 5.89. The molecule has 0 aliphatic rings. The fourth-order valence-corrected chi connectivity index (χ4v) is 2.47. The maximum atomic E-state index is 12.7. The van der Waals surface area contributed by atoms with Gasteiger partial charge in [-0.15, -0.1) is 0 Å². The lowest BCUT2D eigenvalue weighted by atomic mass is 9.94. The van der Waals surface area contributed by atoms with Gasteiger partial charge in [0.05, 0.1) is 5.60 Å². The lowest BCUT2D eigenvalue weighted by Crippen LogP contribution is -2.39. The molecule has 1 rings (SSSR count). The smallest absolute Gasteiger partial charge is 0.357 e. The molecule has 1 aromatic rings. The minimum absolute atomic E-state index is 0.393. The monoisotopic (exact) mass is 400 g/mol. The number of hydrogen-bond donors (Lipinski definition) is 0. The average molecular weight is 400 g/mol. The van der Waals surface area contributed by atoms with E-state index in [-0.39, 0.29) is 0 Å². The molecule has 0 heterocycles. The fourth-order valence-electron chi connectivity index (χ4n) is 1.85. The highest BCUT2D eigenvalue weighted by Gasteiger charge is 2.42. The van der Waals surface area contributed by atoms with Gasteiger partial charge in [-0.05, 0) is 30.9 Å². The molecule has 2 unspecified atom stereocenters. The van der Waals surface area contributed by atoms with Crippen LogP contribution in [0.15, 0.2) is 24.3 Å². The lowest BCUT2D eigenvalue weighted by molar-refractivity contribution is -0.242. The number of hydrogen-bond acceptors (Lipinski definition) is 1.